The van der Waals surface area contributed by atoms with E-state index in [9.17, 15) is 4.79 Å². The van der Waals surface area contributed by atoms with E-state index in [-0.39, 0.29) is 5.91 Å². The molecule has 0 fully saturated rings. The number of pyridine rings is 1. The van der Waals surface area contributed by atoms with Crippen LogP contribution in [0.1, 0.15) is 18.1 Å². The lowest BCUT2D eigenvalue weighted by molar-refractivity contribution is -0.114. The minimum Gasteiger partial charge on any atom is -0.381 e. The number of hydrogen-bond acceptors (Lipinski definition) is 3. The van der Waals surface area contributed by atoms with Crippen LogP contribution in [0.15, 0.2) is 42.7 Å². The molecular weight excluding hydrogens is 276 g/mol. The van der Waals surface area contributed by atoms with Gasteiger partial charge in [-0.05, 0) is 48.4 Å². The third-order valence-electron chi connectivity index (χ3n) is 3.57. The first-order valence-electron chi connectivity index (χ1n) is 7.16. The highest BCUT2D eigenvalue weighted by Gasteiger charge is 2.04. The molecule has 3 aromatic rings. The Morgan fingerprint density at radius 3 is 2.91 bits per heavy atom. The van der Waals surface area contributed by atoms with Crippen molar-refractivity contribution in [1.82, 2.24) is 9.97 Å². The van der Waals surface area contributed by atoms with Crippen LogP contribution >= 0.6 is 0 Å². The number of nitrogens with zero attached hydrogens (tertiary/aromatic N) is 1. The standard InChI is InChI=1S/C17H18N4O/c1-11-9-14(3-4-16(11)21-12(2)22)20-10-13-5-7-18-17-15(13)6-8-19-17/h3-9,20H,10H2,1-2H3,(H,18,19)(H,21,22). The summed E-state index contributed by atoms with van der Waals surface area (Å²) in [6.45, 7) is 4.21. The number of benzene rings is 1. The lowest BCUT2D eigenvalue weighted by atomic mass is 10.1. The largest absolute Gasteiger partial charge is 0.381 e. The van der Waals surface area contributed by atoms with Gasteiger partial charge >= 0.3 is 0 Å². The average molecular weight is 294 g/mol. The summed E-state index contributed by atoms with van der Waals surface area (Å²) < 4.78 is 0. The van der Waals surface area contributed by atoms with Crippen molar-refractivity contribution in [3.05, 3.63) is 53.9 Å². The van der Waals surface area contributed by atoms with Gasteiger partial charge in [0.15, 0.2) is 0 Å². The van der Waals surface area contributed by atoms with Crippen LogP contribution in [-0.4, -0.2) is 15.9 Å². The summed E-state index contributed by atoms with van der Waals surface area (Å²) in [5.41, 5.74) is 4.98. The van der Waals surface area contributed by atoms with Crippen LogP contribution in [-0.2, 0) is 11.3 Å². The average Bonchev–Trinajstić information content (AvgIpc) is 2.96. The SMILES string of the molecule is CC(=O)Nc1ccc(NCc2ccnc3[nH]ccc23)cc1C. The van der Waals surface area contributed by atoms with Gasteiger partial charge in [-0.25, -0.2) is 4.98 Å². The van der Waals surface area contributed by atoms with E-state index in [1.54, 1.807) is 6.20 Å². The third kappa shape index (κ3) is 2.93. The van der Waals surface area contributed by atoms with Crippen LogP contribution in [0.5, 0.6) is 0 Å². The molecule has 0 aliphatic rings. The molecule has 0 aliphatic carbocycles. The number of anilines is 2. The maximum absolute atomic E-state index is 11.1. The molecule has 22 heavy (non-hydrogen) atoms. The molecule has 5 heteroatoms. The van der Waals surface area contributed by atoms with Crippen molar-refractivity contribution in [2.24, 2.45) is 0 Å². The summed E-state index contributed by atoms with van der Waals surface area (Å²) in [7, 11) is 0. The number of aromatic amines is 1. The fraction of sp³-hybridized carbons (Fsp3) is 0.176. The number of fused-ring (bicyclic) bond motifs is 1. The molecule has 0 aliphatic heterocycles. The number of nitrogens with one attached hydrogen (secondary N) is 3. The van der Waals surface area contributed by atoms with Gasteiger partial charge in [0.1, 0.15) is 5.65 Å². The number of H-pyrrole nitrogens is 1. The molecule has 3 rings (SSSR count). The second kappa shape index (κ2) is 5.89. The number of carbonyl (C=O) groups excluding carboxylic acids is 1. The second-order valence-electron chi connectivity index (χ2n) is 5.27. The Balaban J connectivity index is 1.75. The third-order valence-corrected chi connectivity index (χ3v) is 3.57. The van der Waals surface area contributed by atoms with E-state index >= 15 is 0 Å². The Hall–Kier alpha value is -2.82. The normalized spacial score (nSPS) is 10.6. The van der Waals surface area contributed by atoms with Crippen LogP contribution in [0, 0.1) is 6.92 Å². The number of aromatic nitrogens is 2. The van der Waals surface area contributed by atoms with Crippen LogP contribution in [0.4, 0.5) is 11.4 Å². The molecule has 0 bridgehead atoms. The maximum atomic E-state index is 11.1. The van der Waals surface area contributed by atoms with Crippen LogP contribution < -0.4 is 10.6 Å². The van der Waals surface area contributed by atoms with E-state index in [0.29, 0.717) is 0 Å². The summed E-state index contributed by atoms with van der Waals surface area (Å²) in [5.74, 6) is -0.0598. The molecule has 0 radical (unpaired) electrons. The van der Waals surface area contributed by atoms with E-state index in [1.807, 2.05) is 43.5 Å². The molecule has 1 aromatic carbocycles. The first-order chi connectivity index (χ1) is 10.6. The van der Waals surface area contributed by atoms with Crippen molar-refractivity contribution < 1.29 is 4.79 Å². The number of amides is 1. The zero-order valence-corrected chi connectivity index (χ0v) is 12.6. The molecule has 0 spiro atoms. The van der Waals surface area contributed by atoms with Crippen molar-refractivity contribution in [3.63, 3.8) is 0 Å². The van der Waals surface area contributed by atoms with Gasteiger partial charge in [-0.15, -0.1) is 0 Å². The molecule has 1 amide bonds. The molecule has 0 unspecified atom stereocenters. The predicted octanol–water partition coefficient (Wildman–Crippen LogP) is 3.44. The Kier molecular flexibility index (Phi) is 3.78. The molecule has 3 N–H and O–H groups in total. The van der Waals surface area contributed by atoms with Crippen LogP contribution in [0.2, 0.25) is 0 Å². The topological polar surface area (TPSA) is 69.8 Å². The maximum Gasteiger partial charge on any atom is 0.221 e. The van der Waals surface area contributed by atoms with Gasteiger partial charge < -0.3 is 15.6 Å². The summed E-state index contributed by atoms with van der Waals surface area (Å²) in [6.07, 6.45) is 3.70. The van der Waals surface area contributed by atoms with Crippen molar-refractivity contribution in [2.45, 2.75) is 20.4 Å². The van der Waals surface area contributed by atoms with E-state index in [1.165, 1.54) is 12.5 Å². The summed E-state index contributed by atoms with van der Waals surface area (Å²) in [4.78, 5) is 18.5. The van der Waals surface area contributed by atoms with Gasteiger partial charge in [-0.1, -0.05) is 0 Å². The Morgan fingerprint density at radius 2 is 2.14 bits per heavy atom. The van der Waals surface area contributed by atoms with E-state index < -0.39 is 0 Å². The molecular formula is C17H18N4O. The summed E-state index contributed by atoms with van der Waals surface area (Å²) in [6, 6.07) is 9.96. The molecule has 112 valence electrons. The monoisotopic (exact) mass is 294 g/mol. The van der Waals surface area contributed by atoms with Crippen molar-refractivity contribution >= 4 is 28.3 Å². The molecule has 0 atom stereocenters. The fourth-order valence-electron chi connectivity index (χ4n) is 2.47. The first-order valence-corrected chi connectivity index (χ1v) is 7.16. The smallest absolute Gasteiger partial charge is 0.221 e. The van der Waals surface area contributed by atoms with E-state index in [0.717, 1.165) is 34.5 Å². The zero-order chi connectivity index (χ0) is 15.5. The highest BCUT2D eigenvalue weighted by Crippen LogP contribution is 2.21. The molecule has 5 nitrogen and oxygen atoms in total. The minimum absolute atomic E-state index is 0.0598. The lowest BCUT2D eigenvalue weighted by Gasteiger charge is -2.11. The van der Waals surface area contributed by atoms with Crippen LogP contribution in [0.3, 0.4) is 0 Å². The molecule has 0 saturated carbocycles. The van der Waals surface area contributed by atoms with Gasteiger partial charge in [0.2, 0.25) is 5.91 Å². The van der Waals surface area contributed by atoms with E-state index in [4.69, 9.17) is 0 Å². The summed E-state index contributed by atoms with van der Waals surface area (Å²) in [5, 5.41) is 7.35. The van der Waals surface area contributed by atoms with Gasteiger partial charge in [-0.3, -0.25) is 4.79 Å². The molecule has 2 aromatic heterocycles. The van der Waals surface area contributed by atoms with Crippen molar-refractivity contribution in [1.29, 1.82) is 0 Å². The molecule has 0 saturated heterocycles. The number of carbonyl (C=O) groups is 1. The van der Waals surface area contributed by atoms with Crippen molar-refractivity contribution in [2.75, 3.05) is 10.6 Å². The van der Waals surface area contributed by atoms with Crippen LogP contribution in [0.25, 0.3) is 11.0 Å². The lowest BCUT2D eigenvalue weighted by Crippen LogP contribution is -2.07. The minimum atomic E-state index is -0.0598. The number of rotatable bonds is 4. The second-order valence-corrected chi connectivity index (χ2v) is 5.27. The van der Waals surface area contributed by atoms with E-state index in [2.05, 4.69) is 20.6 Å². The van der Waals surface area contributed by atoms with Gasteiger partial charge in [0.05, 0.1) is 0 Å². The van der Waals surface area contributed by atoms with Gasteiger partial charge in [-0.2, -0.15) is 0 Å². The summed E-state index contributed by atoms with van der Waals surface area (Å²) >= 11 is 0. The highest BCUT2D eigenvalue weighted by molar-refractivity contribution is 5.89. The van der Waals surface area contributed by atoms with Gasteiger partial charge in [0, 0.05) is 42.6 Å². The Bertz CT molecular complexity index is 822. The fourth-order valence-corrected chi connectivity index (χ4v) is 2.47. The first kappa shape index (κ1) is 14.1. The predicted molar refractivity (Wildman–Crippen MR) is 88.9 cm³/mol. The molecule has 2 heterocycles. The Labute approximate surface area is 128 Å². The Morgan fingerprint density at radius 1 is 1.27 bits per heavy atom. The number of aryl methyl sites for hydroxylation is 1. The highest BCUT2D eigenvalue weighted by atomic mass is 16.1. The van der Waals surface area contributed by atoms with Gasteiger partial charge in [0.25, 0.3) is 0 Å². The quantitative estimate of drug-likeness (QED) is 0.690. The van der Waals surface area contributed by atoms with Crippen molar-refractivity contribution in [3.8, 4) is 0 Å². The zero-order valence-electron chi connectivity index (χ0n) is 12.6. The number of hydrogen-bond donors (Lipinski definition) is 3.